The van der Waals surface area contributed by atoms with Gasteiger partial charge in [-0.25, -0.2) is 0 Å². The van der Waals surface area contributed by atoms with Crippen molar-refractivity contribution >= 4 is 0 Å². The lowest BCUT2D eigenvalue weighted by atomic mass is 9.94. The van der Waals surface area contributed by atoms with E-state index in [1.807, 2.05) is 0 Å². The molecule has 2 heteroatoms. The normalized spacial score (nSPS) is 38.6. The van der Waals surface area contributed by atoms with Gasteiger partial charge in [-0.3, -0.25) is 4.90 Å². The fourth-order valence-electron chi connectivity index (χ4n) is 3.76. The molecule has 3 atom stereocenters. The first-order valence-corrected chi connectivity index (χ1v) is 7.30. The van der Waals surface area contributed by atoms with Crippen LogP contribution in [-0.2, 0) is 4.74 Å². The molecule has 100 valence electrons. The Labute approximate surface area is 107 Å². The predicted octanol–water partition coefficient (Wildman–Crippen LogP) is 3.60. The van der Waals surface area contributed by atoms with E-state index in [0.29, 0.717) is 5.54 Å². The molecule has 0 radical (unpaired) electrons. The highest BCUT2D eigenvalue weighted by molar-refractivity contribution is 5.07. The molecule has 2 aliphatic rings. The monoisotopic (exact) mass is 239 g/mol. The number of ether oxygens (including phenoxy) is 1. The third-order valence-corrected chi connectivity index (χ3v) is 4.63. The summed E-state index contributed by atoms with van der Waals surface area (Å²) in [4.78, 5) is 2.79. The second kappa shape index (κ2) is 4.55. The Kier molecular flexibility index (Phi) is 3.57. The van der Waals surface area contributed by atoms with Crippen molar-refractivity contribution in [3.05, 3.63) is 0 Å². The van der Waals surface area contributed by atoms with E-state index in [9.17, 15) is 0 Å². The first-order chi connectivity index (χ1) is 7.88. The molecular weight excluding hydrogens is 210 g/mol. The summed E-state index contributed by atoms with van der Waals surface area (Å²) in [5.41, 5.74) is 0.365. The number of nitrogens with zero attached hydrogens (tertiary/aromatic N) is 1. The van der Waals surface area contributed by atoms with Gasteiger partial charge in [-0.1, -0.05) is 6.92 Å². The number of rotatable bonds is 3. The van der Waals surface area contributed by atoms with Gasteiger partial charge in [-0.15, -0.1) is 0 Å². The highest BCUT2D eigenvalue weighted by Crippen LogP contribution is 2.46. The Morgan fingerprint density at radius 3 is 2.47 bits per heavy atom. The standard InChI is InChI=1S/C15H29NO/c1-6-13-8-10-15(11-17-14(3,4)5)9-7-12(2)16(13)15/h12-13H,6-11H2,1-5H3/t12?,13-,15+/m1/s1. The minimum absolute atomic E-state index is 0.00342. The first kappa shape index (κ1) is 13.4. The van der Waals surface area contributed by atoms with Crippen molar-refractivity contribution in [3.63, 3.8) is 0 Å². The van der Waals surface area contributed by atoms with Gasteiger partial charge >= 0.3 is 0 Å². The van der Waals surface area contributed by atoms with Crippen LogP contribution in [0.15, 0.2) is 0 Å². The lowest BCUT2D eigenvalue weighted by Gasteiger charge is -2.39. The molecular formula is C15H29NO. The maximum Gasteiger partial charge on any atom is 0.0657 e. The summed E-state index contributed by atoms with van der Waals surface area (Å²) in [6.45, 7) is 12.1. The third-order valence-electron chi connectivity index (χ3n) is 4.63. The van der Waals surface area contributed by atoms with Gasteiger partial charge in [0, 0.05) is 17.6 Å². The molecule has 0 aromatic rings. The van der Waals surface area contributed by atoms with Gasteiger partial charge in [0.2, 0.25) is 0 Å². The summed E-state index contributed by atoms with van der Waals surface area (Å²) in [5, 5.41) is 0. The van der Waals surface area contributed by atoms with Crippen molar-refractivity contribution in [1.29, 1.82) is 0 Å². The second-order valence-corrected chi connectivity index (χ2v) is 7.02. The molecule has 0 aromatic carbocycles. The lowest BCUT2D eigenvalue weighted by Crippen LogP contribution is -2.49. The van der Waals surface area contributed by atoms with Crippen LogP contribution >= 0.6 is 0 Å². The number of hydrogen-bond acceptors (Lipinski definition) is 2. The molecule has 2 fully saturated rings. The van der Waals surface area contributed by atoms with Crippen molar-refractivity contribution in [1.82, 2.24) is 4.90 Å². The van der Waals surface area contributed by atoms with Crippen molar-refractivity contribution in [2.45, 2.75) is 89.9 Å². The van der Waals surface area contributed by atoms with E-state index >= 15 is 0 Å². The molecule has 2 nitrogen and oxygen atoms in total. The van der Waals surface area contributed by atoms with Crippen LogP contribution in [0.5, 0.6) is 0 Å². The Morgan fingerprint density at radius 1 is 1.24 bits per heavy atom. The highest BCUT2D eigenvalue weighted by atomic mass is 16.5. The topological polar surface area (TPSA) is 12.5 Å². The average Bonchev–Trinajstić information content (AvgIpc) is 2.75. The molecule has 17 heavy (non-hydrogen) atoms. The van der Waals surface area contributed by atoms with Crippen LogP contribution in [0.4, 0.5) is 0 Å². The second-order valence-electron chi connectivity index (χ2n) is 7.02. The molecule has 0 saturated carbocycles. The van der Waals surface area contributed by atoms with Gasteiger partial charge in [0.1, 0.15) is 0 Å². The summed E-state index contributed by atoms with van der Waals surface area (Å²) < 4.78 is 6.12. The molecule has 2 rings (SSSR count). The fraction of sp³-hybridized carbons (Fsp3) is 1.00. The summed E-state index contributed by atoms with van der Waals surface area (Å²) in [6, 6.07) is 1.56. The summed E-state index contributed by atoms with van der Waals surface area (Å²) >= 11 is 0. The van der Waals surface area contributed by atoms with E-state index in [0.717, 1.165) is 18.7 Å². The van der Waals surface area contributed by atoms with Gasteiger partial charge in [-0.2, -0.15) is 0 Å². The smallest absolute Gasteiger partial charge is 0.0657 e. The molecule has 0 N–H and O–H groups in total. The molecule has 0 bridgehead atoms. The Bertz CT molecular complexity index is 271. The predicted molar refractivity (Wildman–Crippen MR) is 72.3 cm³/mol. The van der Waals surface area contributed by atoms with Crippen LogP contribution < -0.4 is 0 Å². The molecule has 1 unspecified atom stereocenters. The maximum atomic E-state index is 6.12. The first-order valence-electron chi connectivity index (χ1n) is 7.30. The SMILES string of the molecule is CC[C@@H]1CC[C@]2(COC(C)(C)C)CCC(C)N12. The minimum atomic E-state index is -0.00342. The van der Waals surface area contributed by atoms with Crippen LogP contribution in [0, 0.1) is 0 Å². The Hall–Kier alpha value is -0.0800. The molecule has 0 amide bonds. The molecule has 2 saturated heterocycles. The zero-order chi connectivity index (χ0) is 12.7. The van der Waals surface area contributed by atoms with Gasteiger partial charge in [0.15, 0.2) is 0 Å². The van der Waals surface area contributed by atoms with Crippen LogP contribution in [0.1, 0.15) is 66.7 Å². The quantitative estimate of drug-likeness (QED) is 0.746. The van der Waals surface area contributed by atoms with Crippen molar-refractivity contribution in [2.75, 3.05) is 6.61 Å². The molecule has 2 heterocycles. The van der Waals surface area contributed by atoms with Gasteiger partial charge in [0.05, 0.1) is 12.2 Å². The number of fused-ring (bicyclic) bond motifs is 1. The van der Waals surface area contributed by atoms with Gasteiger partial charge in [0.25, 0.3) is 0 Å². The van der Waals surface area contributed by atoms with Crippen LogP contribution in [0.25, 0.3) is 0 Å². The third kappa shape index (κ3) is 2.53. The van der Waals surface area contributed by atoms with Crippen LogP contribution in [0.3, 0.4) is 0 Å². The van der Waals surface area contributed by atoms with Crippen molar-refractivity contribution in [2.24, 2.45) is 0 Å². The van der Waals surface area contributed by atoms with Crippen LogP contribution in [-0.4, -0.2) is 34.7 Å². The largest absolute Gasteiger partial charge is 0.374 e. The summed E-state index contributed by atoms with van der Waals surface area (Å²) in [5.74, 6) is 0. The zero-order valence-electron chi connectivity index (χ0n) is 12.3. The highest BCUT2D eigenvalue weighted by Gasteiger charge is 2.51. The lowest BCUT2D eigenvalue weighted by molar-refractivity contribution is -0.0616. The molecule has 0 aromatic heterocycles. The maximum absolute atomic E-state index is 6.12. The van der Waals surface area contributed by atoms with E-state index in [4.69, 9.17) is 4.74 Å². The Morgan fingerprint density at radius 2 is 1.88 bits per heavy atom. The zero-order valence-corrected chi connectivity index (χ0v) is 12.3. The molecule has 2 aliphatic heterocycles. The van der Waals surface area contributed by atoms with E-state index < -0.39 is 0 Å². The average molecular weight is 239 g/mol. The molecule has 0 aliphatic carbocycles. The van der Waals surface area contributed by atoms with Gasteiger partial charge in [-0.05, 0) is 59.8 Å². The van der Waals surface area contributed by atoms with E-state index in [1.54, 1.807) is 0 Å². The van der Waals surface area contributed by atoms with E-state index in [1.165, 1.54) is 32.1 Å². The Balaban J connectivity index is 2.08. The van der Waals surface area contributed by atoms with E-state index in [-0.39, 0.29) is 5.60 Å². The van der Waals surface area contributed by atoms with Crippen molar-refractivity contribution < 1.29 is 4.74 Å². The van der Waals surface area contributed by atoms with Gasteiger partial charge < -0.3 is 4.74 Å². The number of hydrogen-bond donors (Lipinski definition) is 0. The van der Waals surface area contributed by atoms with Crippen LogP contribution in [0.2, 0.25) is 0 Å². The fourth-order valence-corrected chi connectivity index (χ4v) is 3.76. The minimum Gasteiger partial charge on any atom is -0.374 e. The molecule has 0 spiro atoms. The summed E-state index contributed by atoms with van der Waals surface area (Å²) in [7, 11) is 0. The van der Waals surface area contributed by atoms with E-state index in [2.05, 4.69) is 39.5 Å². The summed E-state index contributed by atoms with van der Waals surface area (Å²) in [6.07, 6.45) is 6.69. The van der Waals surface area contributed by atoms with Crippen molar-refractivity contribution in [3.8, 4) is 0 Å².